The second kappa shape index (κ2) is 5.82. The van der Waals surface area contributed by atoms with Crippen LogP contribution in [0.4, 0.5) is 4.79 Å². The average molecular weight is 332 g/mol. The normalized spacial score (nSPS) is 12.3. The fourth-order valence-corrected chi connectivity index (χ4v) is 2.03. The number of ether oxygens (including phenoxy) is 1. The molecule has 0 saturated heterocycles. The highest BCUT2D eigenvalue weighted by Crippen LogP contribution is 2.28. The highest BCUT2D eigenvalue weighted by Gasteiger charge is 2.22. The van der Waals surface area contributed by atoms with Crippen molar-refractivity contribution in [1.29, 1.82) is 0 Å². The van der Waals surface area contributed by atoms with E-state index < -0.39 is 9.89 Å². The number of rotatable bonds is 2. The van der Waals surface area contributed by atoms with Crippen molar-refractivity contribution in [1.82, 2.24) is 10.3 Å². The molecule has 1 rings (SSSR count). The van der Waals surface area contributed by atoms with Gasteiger partial charge < -0.3 is 10.1 Å². The number of amides is 1. The molecule has 0 aliphatic rings. The monoisotopic (exact) mass is 330 g/mol. The lowest BCUT2D eigenvalue weighted by Crippen LogP contribution is -2.34. The van der Waals surface area contributed by atoms with Crippen LogP contribution in [0.5, 0.6) is 5.19 Å². The van der Waals surface area contributed by atoms with Gasteiger partial charge in [0.15, 0.2) is 0 Å². The van der Waals surface area contributed by atoms with E-state index in [-0.39, 0.29) is 17.2 Å². The quantitative estimate of drug-likeness (QED) is 0.836. The summed E-state index contributed by atoms with van der Waals surface area (Å²) in [6, 6.07) is 0. The Morgan fingerprint density at radius 1 is 1.44 bits per heavy atom. The van der Waals surface area contributed by atoms with Gasteiger partial charge in [-0.1, -0.05) is 66.9 Å². The molecule has 0 aliphatic heterocycles. The van der Waals surface area contributed by atoms with Gasteiger partial charge in [0.1, 0.15) is 0 Å². The third-order valence-corrected chi connectivity index (χ3v) is 2.98. The lowest BCUT2D eigenvalue weighted by molar-refractivity contribution is 0.200. The van der Waals surface area contributed by atoms with Crippen molar-refractivity contribution in [2.75, 3.05) is 6.54 Å². The number of aromatic nitrogens is 1. The Kier molecular flexibility index (Phi) is 5.12. The average Bonchev–Trinajstić information content (AvgIpc) is 2.61. The van der Waals surface area contributed by atoms with E-state index in [2.05, 4.69) is 10.3 Å². The summed E-state index contributed by atoms with van der Waals surface area (Å²) in [5.74, 6) is 0. The van der Waals surface area contributed by atoms with E-state index in [4.69, 9.17) is 39.5 Å². The van der Waals surface area contributed by atoms with Crippen LogP contribution in [0, 0.1) is 0 Å². The Hall–Kier alpha value is -0.230. The van der Waals surface area contributed by atoms with Gasteiger partial charge in [0.25, 0.3) is 5.19 Å². The van der Waals surface area contributed by atoms with Gasteiger partial charge in [0, 0.05) is 10.8 Å². The minimum absolute atomic E-state index is 0.0911. The fraction of sp³-hybridized carbons (Fsp3) is 0.600. The topological polar surface area (TPSA) is 51.2 Å². The predicted molar refractivity (Wildman–Crippen MR) is 75.1 cm³/mol. The lowest BCUT2D eigenvalue weighted by Gasteiger charge is -2.14. The molecule has 18 heavy (non-hydrogen) atoms. The van der Waals surface area contributed by atoms with Gasteiger partial charge in [0.2, 0.25) is 3.79 Å². The molecule has 1 N–H and O–H groups in total. The Bertz CT molecular complexity index is 423. The molecular weight excluding hydrogens is 319 g/mol. The van der Waals surface area contributed by atoms with Crippen LogP contribution in [0.3, 0.4) is 0 Å². The summed E-state index contributed by atoms with van der Waals surface area (Å²) in [5.41, 5.74) is 0.767. The number of alkyl halides is 3. The van der Waals surface area contributed by atoms with E-state index >= 15 is 0 Å². The van der Waals surface area contributed by atoms with E-state index in [1.807, 2.05) is 26.2 Å². The Labute approximate surface area is 125 Å². The van der Waals surface area contributed by atoms with E-state index in [1.54, 1.807) is 0 Å². The third-order valence-electron chi connectivity index (χ3n) is 1.86. The Balaban J connectivity index is 2.53. The molecule has 4 nitrogen and oxygen atoms in total. The predicted octanol–water partition coefficient (Wildman–Crippen LogP) is 3.90. The van der Waals surface area contributed by atoms with Crippen molar-refractivity contribution < 1.29 is 9.53 Å². The molecule has 1 amide bonds. The first-order chi connectivity index (χ1) is 8.08. The summed E-state index contributed by atoms with van der Waals surface area (Å²) in [7, 11) is 0. The number of nitrogens with one attached hydrogen (secondary N) is 1. The maximum Gasteiger partial charge on any atom is 0.414 e. The summed E-state index contributed by atoms with van der Waals surface area (Å²) in [5, 5.41) is 4.44. The SMILES string of the molecule is CC(C)(C)c1csc(OC(=O)NCC(Cl)(Cl)Cl)n1. The van der Waals surface area contributed by atoms with Gasteiger partial charge >= 0.3 is 6.09 Å². The summed E-state index contributed by atoms with van der Waals surface area (Å²) in [6.45, 7) is 5.94. The zero-order valence-electron chi connectivity index (χ0n) is 10.1. The van der Waals surface area contributed by atoms with Crippen molar-refractivity contribution >= 4 is 52.2 Å². The van der Waals surface area contributed by atoms with E-state index in [0.29, 0.717) is 0 Å². The van der Waals surface area contributed by atoms with Crippen LogP contribution in [-0.2, 0) is 5.41 Å². The van der Waals surface area contributed by atoms with Crippen LogP contribution >= 0.6 is 46.1 Å². The number of carbonyl (C=O) groups excluding carboxylic acids is 1. The highest BCUT2D eigenvalue weighted by molar-refractivity contribution is 7.11. The summed E-state index contributed by atoms with van der Waals surface area (Å²) in [6.07, 6.45) is -0.698. The minimum atomic E-state index is -1.54. The molecule has 8 heteroatoms. The fourth-order valence-electron chi connectivity index (χ4n) is 0.936. The summed E-state index contributed by atoms with van der Waals surface area (Å²) < 4.78 is 3.42. The van der Waals surface area contributed by atoms with Gasteiger partial charge in [0.05, 0.1) is 12.2 Å². The molecule has 1 aromatic rings. The minimum Gasteiger partial charge on any atom is -0.381 e. The van der Waals surface area contributed by atoms with Gasteiger partial charge in [-0.15, -0.1) is 0 Å². The van der Waals surface area contributed by atoms with Crippen LogP contribution in [0.25, 0.3) is 0 Å². The number of halogens is 3. The number of thiazole rings is 1. The van der Waals surface area contributed by atoms with Gasteiger partial charge in [-0.2, -0.15) is 0 Å². The molecule has 1 aromatic heterocycles. The summed E-state index contributed by atoms with van der Waals surface area (Å²) in [4.78, 5) is 15.6. The zero-order valence-corrected chi connectivity index (χ0v) is 13.2. The first-order valence-corrected chi connectivity index (χ1v) is 7.08. The van der Waals surface area contributed by atoms with Crippen molar-refractivity contribution in [2.24, 2.45) is 0 Å². The van der Waals surface area contributed by atoms with Crippen molar-refractivity contribution in [3.8, 4) is 5.19 Å². The summed E-state index contributed by atoms with van der Waals surface area (Å²) >= 11 is 17.7. The smallest absolute Gasteiger partial charge is 0.381 e. The number of nitrogens with zero attached hydrogens (tertiary/aromatic N) is 1. The molecule has 0 radical (unpaired) electrons. The molecule has 0 spiro atoms. The molecule has 1 heterocycles. The molecule has 0 fully saturated rings. The van der Waals surface area contributed by atoms with Crippen LogP contribution in [0.15, 0.2) is 5.38 Å². The molecular formula is C10H13Cl3N2O2S. The lowest BCUT2D eigenvalue weighted by atomic mass is 9.93. The first-order valence-electron chi connectivity index (χ1n) is 5.06. The number of hydrogen-bond acceptors (Lipinski definition) is 4. The third kappa shape index (κ3) is 5.61. The second-order valence-electron chi connectivity index (χ2n) is 4.61. The molecule has 0 aliphatic carbocycles. The molecule has 0 atom stereocenters. The van der Waals surface area contributed by atoms with E-state index in [1.165, 1.54) is 11.3 Å². The molecule has 102 valence electrons. The number of carbonyl (C=O) groups is 1. The van der Waals surface area contributed by atoms with Crippen LogP contribution in [-0.4, -0.2) is 21.4 Å². The number of hydrogen-bond donors (Lipinski definition) is 1. The van der Waals surface area contributed by atoms with Crippen molar-refractivity contribution in [3.63, 3.8) is 0 Å². The highest BCUT2D eigenvalue weighted by atomic mass is 35.6. The maximum absolute atomic E-state index is 11.4. The molecule has 0 aromatic carbocycles. The second-order valence-corrected chi connectivity index (χ2v) is 7.94. The van der Waals surface area contributed by atoms with Crippen LogP contribution in [0.1, 0.15) is 26.5 Å². The van der Waals surface area contributed by atoms with Gasteiger partial charge in [-0.25, -0.2) is 9.78 Å². The van der Waals surface area contributed by atoms with Gasteiger partial charge in [-0.05, 0) is 0 Å². The Morgan fingerprint density at radius 3 is 2.50 bits per heavy atom. The van der Waals surface area contributed by atoms with Gasteiger partial charge in [-0.3, -0.25) is 0 Å². The Morgan fingerprint density at radius 2 is 2.06 bits per heavy atom. The first kappa shape index (κ1) is 15.8. The molecule has 0 saturated carbocycles. The van der Waals surface area contributed by atoms with Crippen LogP contribution < -0.4 is 10.1 Å². The molecule has 0 unspecified atom stereocenters. The molecule has 0 bridgehead atoms. The van der Waals surface area contributed by atoms with Crippen molar-refractivity contribution in [2.45, 2.75) is 30.0 Å². The maximum atomic E-state index is 11.4. The van der Waals surface area contributed by atoms with Crippen LogP contribution in [0.2, 0.25) is 0 Å². The van der Waals surface area contributed by atoms with E-state index in [0.717, 1.165) is 5.69 Å². The van der Waals surface area contributed by atoms with E-state index in [9.17, 15) is 4.79 Å². The standard InChI is InChI=1S/C10H13Cl3N2O2S/c1-9(2,3)6-4-18-8(15-6)17-7(16)14-5-10(11,12)13/h4H,5H2,1-3H3,(H,14,16). The zero-order chi connectivity index (χ0) is 14.0. The largest absolute Gasteiger partial charge is 0.414 e. The van der Waals surface area contributed by atoms with Crippen molar-refractivity contribution in [3.05, 3.63) is 11.1 Å².